The van der Waals surface area contributed by atoms with Crippen molar-refractivity contribution in [3.05, 3.63) is 34.9 Å². The van der Waals surface area contributed by atoms with Crippen LogP contribution in [0.5, 0.6) is 0 Å². The molecule has 0 aromatic rings. The molecule has 0 saturated carbocycles. The molecule has 0 spiro atoms. The first kappa shape index (κ1) is 8.32. The number of hydrogen-bond donors (Lipinski definition) is 0. The van der Waals surface area contributed by atoms with Crippen LogP contribution in [0.2, 0.25) is 0 Å². The molecule has 0 unspecified atom stereocenters. The van der Waals surface area contributed by atoms with Crippen LogP contribution >= 0.6 is 0 Å². The molecule has 60 valence electrons. The first-order valence-electron chi connectivity index (χ1n) is 4.20. The summed E-state index contributed by atoms with van der Waals surface area (Å²) in [6.45, 7) is 10.4. The van der Waals surface area contributed by atoms with Gasteiger partial charge in [-0.05, 0) is 32.3 Å². The highest BCUT2D eigenvalue weighted by Gasteiger charge is 2.10. The molecule has 1 aliphatic carbocycles. The van der Waals surface area contributed by atoms with Crippen molar-refractivity contribution in [3.63, 3.8) is 0 Å². The fraction of sp³-hybridized carbons (Fsp3) is 0.455. The van der Waals surface area contributed by atoms with Crippen LogP contribution in [-0.4, -0.2) is 0 Å². The second kappa shape index (κ2) is 3.08. The predicted molar refractivity (Wildman–Crippen MR) is 50.5 cm³/mol. The maximum absolute atomic E-state index is 3.95. The molecule has 0 N–H and O–H groups in total. The van der Waals surface area contributed by atoms with Gasteiger partial charge in [-0.25, -0.2) is 0 Å². The van der Waals surface area contributed by atoms with Crippen LogP contribution in [0.1, 0.15) is 33.6 Å². The minimum atomic E-state index is 1.17. The monoisotopic (exact) mass is 148 g/mol. The van der Waals surface area contributed by atoms with Crippen LogP contribution in [0, 0.1) is 0 Å². The lowest BCUT2D eigenvalue weighted by atomic mass is 10.1. The zero-order valence-corrected chi connectivity index (χ0v) is 7.70. The minimum absolute atomic E-state index is 1.17. The van der Waals surface area contributed by atoms with Gasteiger partial charge in [0.2, 0.25) is 0 Å². The molecule has 0 radical (unpaired) electrons. The molecule has 0 atom stereocenters. The third-order valence-electron chi connectivity index (χ3n) is 2.21. The molecule has 0 saturated heterocycles. The van der Waals surface area contributed by atoms with Crippen molar-refractivity contribution in [3.8, 4) is 0 Å². The summed E-state index contributed by atoms with van der Waals surface area (Å²) in [5.74, 6) is 0. The van der Waals surface area contributed by atoms with Gasteiger partial charge in [-0.2, -0.15) is 0 Å². The zero-order chi connectivity index (χ0) is 8.43. The van der Waals surface area contributed by atoms with E-state index in [1.165, 1.54) is 29.6 Å². The van der Waals surface area contributed by atoms with Crippen molar-refractivity contribution < 1.29 is 0 Å². The van der Waals surface area contributed by atoms with Crippen LogP contribution in [0.25, 0.3) is 0 Å². The van der Waals surface area contributed by atoms with E-state index in [1.807, 2.05) is 0 Å². The lowest BCUT2D eigenvalue weighted by molar-refractivity contribution is 1.01. The van der Waals surface area contributed by atoms with Crippen molar-refractivity contribution in [1.82, 2.24) is 0 Å². The van der Waals surface area contributed by atoms with Gasteiger partial charge in [0.15, 0.2) is 0 Å². The van der Waals surface area contributed by atoms with Crippen LogP contribution in [-0.2, 0) is 0 Å². The van der Waals surface area contributed by atoms with Crippen molar-refractivity contribution in [2.75, 3.05) is 0 Å². The van der Waals surface area contributed by atoms with Gasteiger partial charge in [0, 0.05) is 0 Å². The molecule has 0 nitrogen and oxygen atoms in total. The smallest absolute Gasteiger partial charge is 0.00989 e. The van der Waals surface area contributed by atoms with Gasteiger partial charge in [0.25, 0.3) is 0 Å². The van der Waals surface area contributed by atoms with Gasteiger partial charge >= 0.3 is 0 Å². The number of allylic oxidation sites excluding steroid dienone is 5. The summed E-state index contributed by atoms with van der Waals surface area (Å²) in [5.41, 5.74) is 5.60. The Balaban J connectivity index is 2.85. The minimum Gasteiger partial charge on any atom is -0.0955 e. The molecule has 1 aliphatic rings. The second-order valence-corrected chi connectivity index (χ2v) is 3.31. The highest BCUT2D eigenvalue weighted by atomic mass is 14.2. The first-order chi connectivity index (χ1) is 5.15. The van der Waals surface area contributed by atoms with Gasteiger partial charge in [-0.1, -0.05) is 36.3 Å². The second-order valence-electron chi connectivity index (χ2n) is 3.31. The summed E-state index contributed by atoms with van der Waals surface area (Å²) in [6.07, 6.45) is 4.63. The Hall–Kier alpha value is -0.780. The molecule has 0 heteroatoms. The van der Waals surface area contributed by atoms with Crippen molar-refractivity contribution in [1.29, 1.82) is 0 Å². The SMILES string of the molecule is C=C(C)C1=C(C)CC(CC)=C1. The predicted octanol–water partition coefficient (Wildman–Crippen LogP) is 3.62. The molecule has 0 heterocycles. The molecule has 0 aliphatic heterocycles. The van der Waals surface area contributed by atoms with E-state index >= 15 is 0 Å². The topological polar surface area (TPSA) is 0 Å². The Morgan fingerprint density at radius 3 is 2.55 bits per heavy atom. The van der Waals surface area contributed by atoms with E-state index < -0.39 is 0 Å². The van der Waals surface area contributed by atoms with Crippen LogP contribution in [0.3, 0.4) is 0 Å². The largest absolute Gasteiger partial charge is 0.0955 e. The maximum atomic E-state index is 3.95. The first-order valence-corrected chi connectivity index (χ1v) is 4.20. The lowest BCUT2D eigenvalue weighted by Crippen LogP contribution is -1.78. The Labute approximate surface area is 69.3 Å². The van der Waals surface area contributed by atoms with Gasteiger partial charge in [-0.15, -0.1) is 0 Å². The highest BCUT2D eigenvalue weighted by molar-refractivity contribution is 5.48. The van der Waals surface area contributed by atoms with E-state index in [2.05, 4.69) is 33.4 Å². The highest BCUT2D eigenvalue weighted by Crippen LogP contribution is 2.30. The van der Waals surface area contributed by atoms with Crippen molar-refractivity contribution in [2.45, 2.75) is 33.6 Å². The van der Waals surface area contributed by atoms with E-state index in [-0.39, 0.29) is 0 Å². The Morgan fingerprint density at radius 1 is 1.64 bits per heavy atom. The fourth-order valence-corrected chi connectivity index (χ4v) is 1.53. The standard InChI is InChI=1S/C11H16/c1-5-10-6-9(4)11(7-10)8(2)3/h7H,2,5-6H2,1,3-4H3. The summed E-state index contributed by atoms with van der Waals surface area (Å²) in [7, 11) is 0. The quantitative estimate of drug-likeness (QED) is 0.561. The molecule has 0 aromatic heterocycles. The average Bonchev–Trinajstić information content (AvgIpc) is 2.30. The van der Waals surface area contributed by atoms with E-state index in [0.717, 1.165) is 0 Å². The van der Waals surface area contributed by atoms with E-state index in [4.69, 9.17) is 0 Å². The van der Waals surface area contributed by atoms with Gasteiger partial charge < -0.3 is 0 Å². The lowest BCUT2D eigenvalue weighted by Gasteiger charge is -1.98. The summed E-state index contributed by atoms with van der Waals surface area (Å²) < 4.78 is 0. The van der Waals surface area contributed by atoms with Gasteiger partial charge in [-0.3, -0.25) is 0 Å². The molecular formula is C11H16. The molecule has 1 rings (SSSR count). The average molecular weight is 148 g/mol. The molecule has 11 heavy (non-hydrogen) atoms. The third-order valence-corrected chi connectivity index (χ3v) is 2.21. The van der Waals surface area contributed by atoms with E-state index in [1.54, 1.807) is 5.57 Å². The number of hydrogen-bond acceptors (Lipinski definition) is 0. The zero-order valence-electron chi connectivity index (χ0n) is 7.70. The Morgan fingerprint density at radius 2 is 2.27 bits per heavy atom. The molecule has 0 aromatic carbocycles. The van der Waals surface area contributed by atoms with Crippen molar-refractivity contribution >= 4 is 0 Å². The molecule has 0 bridgehead atoms. The molecular weight excluding hydrogens is 132 g/mol. The molecule has 0 fully saturated rings. The van der Waals surface area contributed by atoms with E-state index in [0.29, 0.717) is 0 Å². The van der Waals surface area contributed by atoms with Gasteiger partial charge in [0.1, 0.15) is 0 Å². The maximum Gasteiger partial charge on any atom is -0.00989 e. The summed E-state index contributed by atoms with van der Waals surface area (Å²) in [4.78, 5) is 0. The van der Waals surface area contributed by atoms with Crippen LogP contribution in [0.4, 0.5) is 0 Å². The summed E-state index contributed by atoms with van der Waals surface area (Å²) >= 11 is 0. The Bertz CT molecular complexity index is 239. The third kappa shape index (κ3) is 1.62. The fourth-order valence-electron chi connectivity index (χ4n) is 1.53. The van der Waals surface area contributed by atoms with Crippen LogP contribution in [0.15, 0.2) is 34.9 Å². The normalized spacial score (nSPS) is 17.2. The van der Waals surface area contributed by atoms with E-state index in [9.17, 15) is 0 Å². The van der Waals surface area contributed by atoms with Crippen LogP contribution < -0.4 is 0 Å². The summed E-state index contributed by atoms with van der Waals surface area (Å²) in [6, 6.07) is 0. The Kier molecular flexibility index (Phi) is 2.33. The number of rotatable bonds is 2. The van der Waals surface area contributed by atoms with Crippen molar-refractivity contribution in [2.24, 2.45) is 0 Å². The van der Waals surface area contributed by atoms with Gasteiger partial charge in [0.05, 0.1) is 0 Å². The molecule has 0 amide bonds. The summed E-state index contributed by atoms with van der Waals surface area (Å²) in [5, 5.41) is 0.